The fraction of sp³-hybridized carbons (Fsp3) is 0.0606. The van der Waals surface area contributed by atoms with Crippen molar-refractivity contribution in [2.75, 3.05) is 4.90 Å². The number of fused-ring (bicyclic) bond motifs is 9. The third-order valence-electron chi connectivity index (χ3n) is 14.8. The van der Waals surface area contributed by atoms with Gasteiger partial charge in [0.25, 0.3) is 0 Å². The van der Waals surface area contributed by atoms with Crippen LogP contribution < -0.4 is 4.90 Å². The summed E-state index contributed by atoms with van der Waals surface area (Å²) in [5, 5.41) is 5.08. The summed E-state index contributed by atoms with van der Waals surface area (Å²) in [6.45, 7) is 2.25. The Balaban J connectivity index is 0.949. The monoisotopic (exact) mass is 853 g/mol. The highest BCUT2D eigenvalue weighted by Crippen LogP contribution is 2.57. The smallest absolute Gasteiger partial charge is 0.0713 e. The molecule has 11 aromatic carbocycles. The molecule has 0 N–H and O–H groups in total. The van der Waals surface area contributed by atoms with Crippen molar-refractivity contribution in [3.05, 3.63) is 282 Å². The van der Waals surface area contributed by atoms with Gasteiger partial charge in [0.15, 0.2) is 0 Å². The van der Waals surface area contributed by atoms with E-state index in [1.54, 1.807) is 0 Å². The van der Waals surface area contributed by atoms with E-state index in [9.17, 15) is 0 Å². The second-order valence-corrected chi connectivity index (χ2v) is 18.4. The van der Waals surface area contributed by atoms with Crippen molar-refractivity contribution in [1.29, 1.82) is 0 Å². The van der Waals surface area contributed by atoms with E-state index in [1.807, 2.05) is 0 Å². The molecule has 11 aromatic rings. The van der Waals surface area contributed by atoms with Crippen LogP contribution >= 0.6 is 0 Å². The number of hydrogen-bond acceptors (Lipinski definition) is 1. The Hall–Kier alpha value is -8.26. The van der Waals surface area contributed by atoms with Crippen LogP contribution in [0.3, 0.4) is 0 Å². The zero-order valence-electron chi connectivity index (χ0n) is 37.5. The Kier molecular flexibility index (Phi) is 9.18. The van der Waals surface area contributed by atoms with E-state index in [0.29, 0.717) is 0 Å². The number of benzene rings is 11. The Bertz CT molecular complexity index is 3640. The maximum absolute atomic E-state index is 2.43. The van der Waals surface area contributed by atoms with Gasteiger partial charge in [-0.15, -0.1) is 0 Å². The van der Waals surface area contributed by atoms with Crippen molar-refractivity contribution >= 4 is 38.6 Å². The summed E-state index contributed by atoms with van der Waals surface area (Å²) >= 11 is 0. The van der Waals surface area contributed by atoms with Gasteiger partial charge in [-0.25, -0.2) is 0 Å². The van der Waals surface area contributed by atoms with Gasteiger partial charge in [0, 0.05) is 17.1 Å². The lowest BCUT2D eigenvalue weighted by Gasteiger charge is -2.34. The first-order valence-corrected chi connectivity index (χ1v) is 23.6. The molecule has 0 radical (unpaired) electrons. The Morgan fingerprint density at radius 2 is 0.896 bits per heavy atom. The summed E-state index contributed by atoms with van der Waals surface area (Å²) in [7, 11) is 0. The Morgan fingerprint density at radius 1 is 0.343 bits per heavy atom. The van der Waals surface area contributed by atoms with Gasteiger partial charge in [-0.1, -0.05) is 194 Å². The van der Waals surface area contributed by atoms with Crippen LogP contribution in [-0.2, 0) is 18.3 Å². The van der Waals surface area contributed by atoms with Crippen molar-refractivity contribution < 1.29 is 0 Å². The quantitative estimate of drug-likeness (QED) is 0.144. The van der Waals surface area contributed by atoms with Crippen LogP contribution in [0.15, 0.2) is 243 Å². The molecule has 1 nitrogen and oxygen atoms in total. The lowest BCUT2D eigenvalue weighted by molar-refractivity contribution is 0.768. The predicted octanol–water partition coefficient (Wildman–Crippen LogP) is 17.2. The average Bonchev–Trinajstić information content (AvgIpc) is 3.70. The molecule has 2 aliphatic rings. The van der Waals surface area contributed by atoms with Crippen LogP contribution in [0.25, 0.3) is 66.1 Å². The molecule has 13 rings (SSSR count). The highest BCUT2D eigenvalue weighted by atomic mass is 15.1. The molecule has 0 saturated heterocycles. The van der Waals surface area contributed by atoms with E-state index in [1.165, 1.54) is 105 Å². The highest BCUT2D eigenvalue weighted by molar-refractivity contribution is 6.08. The number of aryl methyl sites for hydroxylation is 2. The normalized spacial score (nSPS) is 13.1. The minimum absolute atomic E-state index is 0.458. The molecule has 0 atom stereocenters. The second kappa shape index (κ2) is 15.7. The third kappa shape index (κ3) is 6.30. The second-order valence-electron chi connectivity index (χ2n) is 18.4. The topological polar surface area (TPSA) is 3.24 Å². The first kappa shape index (κ1) is 39.1. The van der Waals surface area contributed by atoms with Crippen LogP contribution in [0, 0.1) is 6.92 Å². The van der Waals surface area contributed by atoms with Crippen LogP contribution in [0.1, 0.15) is 38.9 Å². The van der Waals surface area contributed by atoms with E-state index in [2.05, 4.69) is 254 Å². The first-order chi connectivity index (χ1) is 33.1. The van der Waals surface area contributed by atoms with Gasteiger partial charge >= 0.3 is 0 Å². The zero-order chi connectivity index (χ0) is 44.5. The summed E-state index contributed by atoms with van der Waals surface area (Å²) < 4.78 is 0. The molecule has 0 spiro atoms. The maximum atomic E-state index is 2.43. The number of anilines is 3. The summed E-state index contributed by atoms with van der Waals surface area (Å²) in [4.78, 5) is 2.43. The lowest BCUT2D eigenvalue weighted by atomic mass is 9.68. The van der Waals surface area contributed by atoms with Crippen LogP contribution in [0.5, 0.6) is 0 Å². The van der Waals surface area contributed by atoms with Crippen LogP contribution in [0.2, 0.25) is 0 Å². The predicted molar refractivity (Wildman–Crippen MR) is 282 cm³/mol. The van der Waals surface area contributed by atoms with Crippen molar-refractivity contribution in [2.24, 2.45) is 0 Å². The van der Waals surface area contributed by atoms with Gasteiger partial charge < -0.3 is 4.90 Å². The maximum Gasteiger partial charge on any atom is 0.0713 e. The van der Waals surface area contributed by atoms with E-state index in [-0.39, 0.29) is 0 Å². The standard InChI is InChI=1S/C66H47N/c1-44-13-12-21-59-57(44)39-33-49-26-28-51(42-62(49)59)46-31-36-55(37-32-46)67(54-34-29-45(30-35-54)50-27-25-48-24-23-47-14-8-9-19-58(47)61(48)41-50)56-38-40-65-63(43-56)60-20-10-11-22-64(60)66(65,52-15-4-2-5-16-52)53-17-6-3-7-18-53/h2-32,34-38,40-43H,33,39H2,1H3. The van der Waals surface area contributed by atoms with Gasteiger partial charge in [-0.2, -0.15) is 0 Å². The van der Waals surface area contributed by atoms with Crippen molar-refractivity contribution in [3.63, 3.8) is 0 Å². The number of hydrogen-bond donors (Lipinski definition) is 0. The number of rotatable bonds is 7. The minimum atomic E-state index is -0.458. The van der Waals surface area contributed by atoms with Crippen molar-refractivity contribution in [2.45, 2.75) is 25.2 Å². The fourth-order valence-corrected chi connectivity index (χ4v) is 11.6. The van der Waals surface area contributed by atoms with Gasteiger partial charge in [0.05, 0.1) is 5.41 Å². The minimum Gasteiger partial charge on any atom is -0.310 e. The lowest BCUT2D eigenvalue weighted by Crippen LogP contribution is -2.28. The van der Waals surface area contributed by atoms with Crippen molar-refractivity contribution in [1.82, 2.24) is 0 Å². The van der Waals surface area contributed by atoms with E-state index >= 15 is 0 Å². The summed E-state index contributed by atoms with van der Waals surface area (Å²) in [5.41, 5.74) is 22.5. The van der Waals surface area contributed by atoms with Gasteiger partial charge in [-0.05, 0) is 173 Å². The number of nitrogens with zero attached hydrogens (tertiary/aromatic N) is 1. The molecule has 0 amide bonds. The van der Waals surface area contributed by atoms with Gasteiger partial charge in [0.1, 0.15) is 0 Å². The average molecular weight is 854 g/mol. The van der Waals surface area contributed by atoms with Crippen LogP contribution in [-0.4, -0.2) is 0 Å². The molecular weight excluding hydrogens is 807 g/mol. The molecule has 0 saturated carbocycles. The molecule has 0 unspecified atom stereocenters. The molecule has 0 bridgehead atoms. The molecular formula is C66H47N. The molecule has 1 heteroatoms. The molecule has 0 aromatic heterocycles. The van der Waals surface area contributed by atoms with Crippen LogP contribution in [0.4, 0.5) is 17.1 Å². The molecule has 316 valence electrons. The Labute approximate surface area is 392 Å². The molecule has 67 heavy (non-hydrogen) atoms. The largest absolute Gasteiger partial charge is 0.310 e. The van der Waals surface area contributed by atoms with E-state index in [0.717, 1.165) is 29.9 Å². The molecule has 0 aliphatic heterocycles. The fourth-order valence-electron chi connectivity index (χ4n) is 11.6. The summed E-state index contributed by atoms with van der Waals surface area (Å²) in [6, 6.07) is 90.5. The molecule has 2 aliphatic carbocycles. The van der Waals surface area contributed by atoms with Gasteiger partial charge in [-0.3, -0.25) is 0 Å². The van der Waals surface area contributed by atoms with E-state index < -0.39 is 5.41 Å². The van der Waals surface area contributed by atoms with Gasteiger partial charge in [0.2, 0.25) is 0 Å². The third-order valence-corrected chi connectivity index (χ3v) is 14.8. The summed E-state index contributed by atoms with van der Waals surface area (Å²) in [6.07, 6.45) is 2.19. The summed E-state index contributed by atoms with van der Waals surface area (Å²) in [5.74, 6) is 0. The first-order valence-electron chi connectivity index (χ1n) is 23.6. The van der Waals surface area contributed by atoms with E-state index in [4.69, 9.17) is 0 Å². The highest BCUT2D eigenvalue weighted by Gasteiger charge is 2.46. The molecule has 0 heterocycles. The Morgan fingerprint density at radius 3 is 1.63 bits per heavy atom. The molecule has 0 fully saturated rings. The van der Waals surface area contributed by atoms with Crippen molar-refractivity contribution in [3.8, 4) is 44.5 Å². The SMILES string of the molecule is Cc1cccc2c1CCc1ccc(-c3ccc(N(c4ccc(-c5ccc6ccc7ccccc7c6c5)cc4)c4ccc5c(c4)-c4ccccc4C5(c4ccccc4)c4ccccc4)cc3)cc1-2. The zero-order valence-corrected chi connectivity index (χ0v) is 37.5.